The molecule has 0 bridgehead atoms. The first-order valence-electron chi connectivity index (χ1n) is 6.92. The van der Waals surface area contributed by atoms with Gasteiger partial charge in [-0.1, -0.05) is 44.7 Å². The zero-order valence-corrected chi connectivity index (χ0v) is 18.8. The van der Waals surface area contributed by atoms with E-state index in [0.717, 1.165) is 30.7 Å². The molecule has 150 valence electrons. The number of alkyl halides is 2. The molecule has 6 heteroatoms. The number of hydrogen-bond acceptors (Lipinski definition) is 2. The van der Waals surface area contributed by atoms with Gasteiger partial charge >= 0.3 is 27.7 Å². The van der Waals surface area contributed by atoms with Crippen LogP contribution < -0.4 is 0 Å². The number of aliphatic imine (C=N–C) groups is 2. The quantitative estimate of drug-likeness (QED) is 0.134. The van der Waals surface area contributed by atoms with E-state index in [9.17, 15) is 0 Å². The summed E-state index contributed by atoms with van der Waals surface area (Å²) in [5.74, 6) is 0. The van der Waals surface area contributed by atoms with Crippen molar-refractivity contribution in [1.82, 2.24) is 0 Å². The molecular weight excluding hydrogens is 469 g/mol. The molecule has 1 aromatic carbocycles. The van der Waals surface area contributed by atoms with E-state index in [1.165, 1.54) is 5.56 Å². The maximum atomic E-state index is 4.76. The van der Waals surface area contributed by atoms with Crippen LogP contribution in [0.2, 0.25) is 0 Å². The first-order valence-corrected chi connectivity index (χ1v) is 9.99. The molecule has 0 amide bonds. The van der Waals surface area contributed by atoms with Gasteiger partial charge in [0.2, 0.25) is 0 Å². The number of nitrogens with zero attached hydrogens (tertiary/aromatic N) is 2. The molecule has 0 N–H and O–H groups in total. The average Bonchev–Trinajstić information content (AvgIpc) is 2.63. The second kappa shape index (κ2) is 31.6. The second-order valence-electron chi connectivity index (χ2n) is 3.78. The molecule has 1 aromatic rings. The first kappa shape index (κ1) is 35.9. The van der Waals surface area contributed by atoms with Crippen LogP contribution in [-0.4, -0.2) is 30.9 Å². The van der Waals surface area contributed by atoms with Gasteiger partial charge in [-0.15, -0.1) is 36.4 Å². The van der Waals surface area contributed by atoms with Crippen LogP contribution in [0.15, 0.2) is 53.5 Å². The van der Waals surface area contributed by atoms with E-state index in [4.69, 9.17) is 23.2 Å². The third kappa shape index (κ3) is 21.8. The van der Waals surface area contributed by atoms with Gasteiger partial charge < -0.3 is 7.43 Å². The van der Waals surface area contributed by atoms with E-state index in [0.29, 0.717) is 0 Å². The molecule has 0 spiro atoms. The molecule has 25 heavy (non-hydrogen) atoms. The fourth-order valence-electron chi connectivity index (χ4n) is 1.78. The van der Waals surface area contributed by atoms with Crippen LogP contribution >= 0.6 is 32.7 Å². The summed E-state index contributed by atoms with van der Waals surface area (Å²) in [7, 11) is 8.18. The summed E-state index contributed by atoms with van der Waals surface area (Å²) < 4.78 is 0. The topological polar surface area (TPSA) is 24.7 Å². The Kier molecular flexibility index (Phi) is 45.3. The molecule has 0 aliphatic rings. The monoisotopic (exact) mass is 500 g/mol. The number of benzene rings is 1. The van der Waals surface area contributed by atoms with Crippen LogP contribution in [0.25, 0.3) is 0 Å². The second-order valence-corrected chi connectivity index (χ2v) is 4.59. The fourth-order valence-corrected chi connectivity index (χ4v) is 1.78. The van der Waals surface area contributed by atoms with Gasteiger partial charge in [0.15, 0.2) is 0 Å². The standard InChI is InChI=1S/C14H20N2.C2H4.CH2Cl2.CH4.CH3.ClH.Pd/c1-4-13(15-2)14(16-3)11-10-12-8-6-5-7-9-12;1-2;2-1-3;;;;/h5-9H,4,10-11H2,1-3H3;1-2H2;1H2;1H4;1H3;1H;/q;;;;-1;;+2/p-1. The molecule has 0 aliphatic heterocycles. The Morgan fingerprint density at radius 3 is 1.72 bits per heavy atom. The van der Waals surface area contributed by atoms with Crippen LogP contribution in [0.4, 0.5) is 0 Å². The zero-order chi connectivity index (χ0) is 18.5. The summed E-state index contributed by atoms with van der Waals surface area (Å²) in [6.45, 7) is 8.12. The zero-order valence-electron chi connectivity index (χ0n) is 15.0. The molecule has 1 rings (SSSR count). The number of aryl methyl sites for hydroxylation is 1. The third-order valence-corrected chi connectivity index (χ3v) is 2.70. The Bertz CT molecular complexity index is 410. The molecule has 0 heterocycles. The van der Waals surface area contributed by atoms with Gasteiger partial charge in [0.1, 0.15) is 0 Å². The van der Waals surface area contributed by atoms with E-state index >= 15 is 0 Å². The SMILES string of the molecule is C.C=C.CCC(=NC)C(CCc1ccccc1)=NC.ClCCl.[CH3-].[Cl][Pd+]. The molecule has 2 nitrogen and oxygen atoms in total. The van der Waals surface area contributed by atoms with E-state index in [2.05, 4.69) is 82.0 Å². The van der Waals surface area contributed by atoms with Gasteiger partial charge in [-0.2, -0.15) is 0 Å². The van der Waals surface area contributed by atoms with Gasteiger partial charge in [-0.05, 0) is 24.8 Å². The molecule has 0 aliphatic carbocycles. The number of rotatable bonds is 5. The van der Waals surface area contributed by atoms with Crippen molar-refractivity contribution in [2.75, 3.05) is 19.4 Å². The van der Waals surface area contributed by atoms with E-state index < -0.39 is 0 Å². The van der Waals surface area contributed by atoms with Crippen LogP contribution in [0, 0.1) is 7.43 Å². The molecule has 0 aromatic heterocycles. The van der Waals surface area contributed by atoms with Crippen molar-refractivity contribution in [3.8, 4) is 0 Å². The molecule has 0 fully saturated rings. The molecule has 0 saturated heterocycles. The van der Waals surface area contributed by atoms with Crippen LogP contribution in [0.5, 0.6) is 0 Å². The Morgan fingerprint density at radius 2 is 1.40 bits per heavy atom. The van der Waals surface area contributed by atoms with Gasteiger partial charge in [0, 0.05) is 14.1 Å². The average molecular weight is 502 g/mol. The molecule has 0 radical (unpaired) electrons. The number of hydrogen-bond donors (Lipinski definition) is 0. The molecule has 0 unspecified atom stereocenters. The van der Waals surface area contributed by atoms with Crippen LogP contribution in [0.3, 0.4) is 0 Å². The van der Waals surface area contributed by atoms with Crippen LogP contribution in [-0.2, 0) is 24.6 Å². The Morgan fingerprint density at radius 1 is 1.00 bits per heavy atom. The Hall–Kier alpha value is -0.168. The summed E-state index contributed by atoms with van der Waals surface area (Å²) in [5.41, 5.74) is 3.61. The summed E-state index contributed by atoms with van der Waals surface area (Å²) in [6.07, 6.45) is 2.96. The predicted molar refractivity (Wildman–Crippen MR) is 119 cm³/mol. The van der Waals surface area contributed by atoms with Gasteiger partial charge in [-0.25, -0.2) is 0 Å². The predicted octanol–water partition coefficient (Wildman–Crippen LogP) is 7.17. The van der Waals surface area contributed by atoms with E-state index in [-0.39, 0.29) is 20.2 Å². The van der Waals surface area contributed by atoms with Crippen molar-refractivity contribution >= 4 is 44.2 Å². The summed E-state index contributed by atoms with van der Waals surface area (Å²) >= 11 is 11.8. The van der Waals surface area contributed by atoms with Gasteiger partial charge in [-0.3, -0.25) is 9.98 Å². The van der Waals surface area contributed by atoms with E-state index in [1.54, 1.807) is 0 Å². The minimum atomic E-state index is 0. The van der Waals surface area contributed by atoms with E-state index in [1.807, 2.05) is 20.2 Å². The third-order valence-electron chi connectivity index (χ3n) is 2.70. The first-order chi connectivity index (χ1) is 11.2. The van der Waals surface area contributed by atoms with Crippen molar-refractivity contribution in [3.63, 3.8) is 0 Å². The van der Waals surface area contributed by atoms with Crippen molar-refractivity contribution < 1.29 is 18.2 Å². The maximum absolute atomic E-state index is 4.76. The molecule has 0 atom stereocenters. The van der Waals surface area contributed by atoms with Gasteiger partial charge in [0.05, 0.1) is 16.8 Å². The number of halogens is 3. The summed E-state index contributed by atoms with van der Waals surface area (Å²) in [5, 5.41) is 0.194. The Balaban J connectivity index is -0.000000130. The summed E-state index contributed by atoms with van der Waals surface area (Å²) in [6, 6.07) is 10.5. The van der Waals surface area contributed by atoms with Crippen molar-refractivity contribution in [1.29, 1.82) is 0 Å². The van der Waals surface area contributed by atoms with Gasteiger partial charge in [0.25, 0.3) is 0 Å². The summed E-state index contributed by atoms with van der Waals surface area (Å²) in [4.78, 5) is 8.61. The normalized spacial score (nSPS) is 9.44. The fraction of sp³-hybridized carbons (Fsp3) is 0.421. The van der Waals surface area contributed by atoms with Crippen LogP contribution in [0.1, 0.15) is 32.8 Å². The Labute approximate surface area is 181 Å². The molecular formula is C19H33Cl3N2Pd. The minimum absolute atomic E-state index is 0. The van der Waals surface area contributed by atoms with Crippen molar-refractivity contribution in [2.24, 2.45) is 9.98 Å². The molecule has 0 saturated carbocycles. The van der Waals surface area contributed by atoms with Crippen molar-refractivity contribution in [2.45, 2.75) is 33.6 Å². The van der Waals surface area contributed by atoms with Crippen molar-refractivity contribution in [3.05, 3.63) is 56.5 Å².